The van der Waals surface area contributed by atoms with Gasteiger partial charge in [0.15, 0.2) is 0 Å². The van der Waals surface area contributed by atoms with Crippen molar-refractivity contribution in [3.8, 4) is 0 Å². The van der Waals surface area contributed by atoms with Crippen molar-refractivity contribution in [2.45, 2.75) is 45.8 Å². The molecule has 4 unspecified atom stereocenters. The lowest BCUT2D eigenvalue weighted by Crippen LogP contribution is -2.42. The maximum absolute atomic E-state index is 12.1. The molecule has 1 saturated heterocycles. The summed E-state index contributed by atoms with van der Waals surface area (Å²) in [6.45, 7) is 7.25. The van der Waals surface area contributed by atoms with E-state index in [0.29, 0.717) is 12.5 Å². The summed E-state index contributed by atoms with van der Waals surface area (Å²) < 4.78 is 5.98. The Bertz CT molecular complexity index is 490. The molecule has 0 bridgehead atoms. The van der Waals surface area contributed by atoms with Gasteiger partial charge in [-0.1, -0.05) is 36.8 Å². The summed E-state index contributed by atoms with van der Waals surface area (Å²) in [6.07, 6.45) is 2.19. The Hall–Kier alpha value is -1.10. The Morgan fingerprint density at radius 1 is 1.35 bits per heavy atom. The zero-order valence-corrected chi connectivity index (χ0v) is 15.1. The topological polar surface area (TPSA) is 64.3 Å². The Kier molecular flexibility index (Phi) is 8.03. The van der Waals surface area contributed by atoms with E-state index in [9.17, 15) is 4.79 Å². The SMILES string of the molecule is Cc1ccc(C2OCCCC2CNC(=O)C(C)C(C)N)cc1.Cl. The Balaban J connectivity index is 0.00000264. The van der Waals surface area contributed by atoms with E-state index in [4.69, 9.17) is 10.5 Å². The minimum atomic E-state index is -0.165. The van der Waals surface area contributed by atoms with E-state index < -0.39 is 0 Å². The number of halogens is 1. The van der Waals surface area contributed by atoms with Crippen molar-refractivity contribution in [2.75, 3.05) is 13.2 Å². The molecule has 0 spiro atoms. The second-order valence-corrected chi connectivity index (χ2v) is 6.50. The molecule has 130 valence electrons. The molecule has 0 radical (unpaired) electrons. The van der Waals surface area contributed by atoms with Crippen molar-refractivity contribution < 1.29 is 9.53 Å². The lowest BCUT2D eigenvalue weighted by molar-refractivity contribution is -0.125. The van der Waals surface area contributed by atoms with E-state index in [1.807, 2.05) is 13.8 Å². The number of carbonyl (C=O) groups excluding carboxylic acids is 1. The van der Waals surface area contributed by atoms with Crippen molar-refractivity contribution in [2.24, 2.45) is 17.6 Å². The first-order valence-electron chi connectivity index (χ1n) is 8.20. The molecule has 3 N–H and O–H groups in total. The van der Waals surface area contributed by atoms with Gasteiger partial charge in [-0.05, 0) is 32.3 Å². The van der Waals surface area contributed by atoms with Crippen LogP contribution >= 0.6 is 12.4 Å². The van der Waals surface area contributed by atoms with Crippen LogP contribution in [0.5, 0.6) is 0 Å². The fraction of sp³-hybridized carbons (Fsp3) is 0.611. The molecule has 23 heavy (non-hydrogen) atoms. The first-order valence-corrected chi connectivity index (χ1v) is 8.20. The van der Waals surface area contributed by atoms with E-state index in [-0.39, 0.29) is 36.4 Å². The van der Waals surface area contributed by atoms with Crippen LogP contribution in [0.2, 0.25) is 0 Å². The van der Waals surface area contributed by atoms with E-state index in [1.54, 1.807) is 0 Å². The molecule has 1 fully saturated rings. The highest BCUT2D eigenvalue weighted by Crippen LogP contribution is 2.33. The van der Waals surface area contributed by atoms with Gasteiger partial charge in [-0.2, -0.15) is 0 Å². The number of ether oxygens (including phenoxy) is 1. The number of hydrogen-bond acceptors (Lipinski definition) is 3. The monoisotopic (exact) mass is 340 g/mol. The summed E-state index contributed by atoms with van der Waals surface area (Å²) >= 11 is 0. The van der Waals surface area contributed by atoms with Crippen molar-refractivity contribution in [1.29, 1.82) is 0 Å². The highest BCUT2D eigenvalue weighted by Gasteiger charge is 2.28. The molecule has 1 heterocycles. The van der Waals surface area contributed by atoms with Gasteiger partial charge in [0, 0.05) is 31.0 Å². The molecule has 1 amide bonds. The third-order valence-electron chi connectivity index (χ3n) is 4.59. The number of carbonyl (C=O) groups is 1. The third-order valence-corrected chi connectivity index (χ3v) is 4.59. The highest BCUT2D eigenvalue weighted by atomic mass is 35.5. The van der Waals surface area contributed by atoms with Gasteiger partial charge in [0.1, 0.15) is 0 Å². The van der Waals surface area contributed by atoms with Gasteiger partial charge in [-0.15, -0.1) is 12.4 Å². The van der Waals surface area contributed by atoms with Crippen LogP contribution in [0.25, 0.3) is 0 Å². The van der Waals surface area contributed by atoms with E-state index >= 15 is 0 Å². The van der Waals surface area contributed by atoms with E-state index in [2.05, 4.69) is 36.5 Å². The fourth-order valence-corrected chi connectivity index (χ4v) is 2.81. The normalized spacial score (nSPS) is 23.5. The van der Waals surface area contributed by atoms with Gasteiger partial charge in [0.25, 0.3) is 0 Å². The number of benzene rings is 1. The predicted octanol–water partition coefficient (Wildman–Crippen LogP) is 2.98. The molecule has 0 saturated carbocycles. The van der Waals surface area contributed by atoms with Gasteiger partial charge >= 0.3 is 0 Å². The minimum Gasteiger partial charge on any atom is -0.373 e. The van der Waals surface area contributed by atoms with Gasteiger partial charge in [-0.3, -0.25) is 4.79 Å². The molecule has 0 aliphatic carbocycles. The van der Waals surface area contributed by atoms with Crippen LogP contribution in [0, 0.1) is 18.8 Å². The summed E-state index contributed by atoms with van der Waals surface area (Å²) in [4.78, 5) is 12.1. The van der Waals surface area contributed by atoms with Crippen LogP contribution in [0.15, 0.2) is 24.3 Å². The smallest absolute Gasteiger partial charge is 0.224 e. The van der Waals surface area contributed by atoms with Gasteiger partial charge in [0.2, 0.25) is 5.91 Å². The van der Waals surface area contributed by atoms with Crippen LogP contribution < -0.4 is 11.1 Å². The number of rotatable bonds is 5. The Morgan fingerprint density at radius 3 is 2.61 bits per heavy atom. The molecule has 1 aliphatic heterocycles. The predicted molar refractivity (Wildman–Crippen MR) is 95.7 cm³/mol. The third kappa shape index (κ3) is 5.48. The lowest BCUT2D eigenvalue weighted by Gasteiger charge is -2.32. The summed E-state index contributed by atoms with van der Waals surface area (Å²) in [7, 11) is 0. The number of aryl methyl sites for hydroxylation is 1. The first-order chi connectivity index (χ1) is 10.5. The first kappa shape index (κ1) is 19.9. The van der Waals surface area contributed by atoms with E-state index in [0.717, 1.165) is 19.4 Å². The van der Waals surface area contributed by atoms with Gasteiger partial charge in [0.05, 0.1) is 6.10 Å². The summed E-state index contributed by atoms with van der Waals surface area (Å²) in [5.74, 6) is 0.186. The van der Waals surface area contributed by atoms with Crippen LogP contribution in [0.3, 0.4) is 0 Å². The molecule has 2 rings (SSSR count). The molecule has 4 atom stereocenters. The maximum atomic E-state index is 12.1. The molecule has 5 heteroatoms. The number of nitrogens with one attached hydrogen (secondary N) is 1. The number of amides is 1. The maximum Gasteiger partial charge on any atom is 0.224 e. The van der Waals surface area contributed by atoms with Crippen molar-refractivity contribution in [3.05, 3.63) is 35.4 Å². The summed E-state index contributed by atoms with van der Waals surface area (Å²) in [5.41, 5.74) is 8.24. The van der Waals surface area contributed by atoms with Crippen LogP contribution in [0.1, 0.15) is 43.9 Å². The quantitative estimate of drug-likeness (QED) is 0.866. The number of hydrogen-bond donors (Lipinski definition) is 2. The minimum absolute atomic E-state index is 0. The van der Waals surface area contributed by atoms with Crippen LogP contribution in [-0.2, 0) is 9.53 Å². The molecule has 1 aromatic carbocycles. The zero-order chi connectivity index (χ0) is 16.1. The van der Waals surface area contributed by atoms with E-state index in [1.165, 1.54) is 11.1 Å². The molecular weight excluding hydrogens is 312 g/mol. The molecular formula is C18H29ClN2O2. The molecule has 1 aromatic rings. The van der Waals surface area contributed by atoms with Crippen LogP contribution in [0.4, 0.5) is 0 Å². The lowest BCUT2D eigenvalue weighted by atomic mass is 9.89. The average molecular weight is 341 g/mol. The summed E-state index contributed by atoms with van der Waals surface area (Å²) in [6, 6.07) is 8.35. The molecule has 0 aromatic heterocycles. The van der Waals surface area contributed by atoms with Gasteiger partial charge < -0.3 is 15.8 Å². The highest BCUT2D eigenvalue weighted by molar-refractivity contribution is 5.85. The molecule has 4 nitrogen and oxygen atoms in total. The fourth-order valence-electron chi connectivity index (χ4n) is 2.81. The second-order valence-electron chi connectivity index (χ2n) is 6.50. The Morgan fingerprint density at radius 2 is 2.00 bits per heavy atom. The van der Waals surface area contributed by atoms with Gasteiger partial charge in [-0.25, -0.2) is 0 Å². The second kappa shape index (κ2) is 9.26. The van der Waals surface area contributed by atoms with Crippen LogP contribution in [-0.4, -0.2) is 25.1 Å². The summed E-state index contributed by atoms with van der Waals surface area (Å²) in [5, 5.41) is 3.05. The standard InChI is InChI=1S/C18H28N2O2.ClH/c1-12-6-8-15(9-7-12)17-16(5-4-10-22-17)11-20-18(21)13(2)14(3)19;/h6-9,13-14,16-17H,4-5,10-11,19H2,1-3H3,(H,20,21);1H. The molecule has 1 aliphatic rings. The van der Waals surface area contributed by atoms with Crippen molar-refractivity contribution >= 4 is 18.3 Å². The van der Waals surface area contributed by atoms with Crippen molar-refractivity contribution in [3.63, 3.8) is 0 Å². The average Bonchev–Trinajstić information content (AvgIpc) is 2.53. The Labute approximate surface area is 145 Å². The van der Waals surface area contributed by atoms with Crippen molar-refractivity contribution in [1.82, 2.24) is 5.32 Å². The largest absolute Gasteiger partial charge is 0.373 e. The number of nitrogens with two attached hydrogens (primary N) is 1. The zero-order valence-electron chi connectivity index (χ0n) is 14.2.